The number of carbonyl (C=O) groups is 2. The van der Waals surface area contributed by atoms with Gasteiger partial charge in [0.05, 0.1) is 12.7 Å². The van der Waals surface area contributed by atoms with Crippen LogP contribution in [0.5, 0.6) is 0 Å². The smallest absolute Gasteiger partial charge is 0.328 e. The molecule has 9 nitrogen and oxygen atoms in total. The van der Waals surface area contributed by atoms with E-state index in [1.807, 2.05) is 45.0 Å². The van der Waals surface area contributed by atoms with Gasteiger partial charge in [-0.2, -0.15) is 4.98 Å². The van der Waals surface area contributed by atoms with Crippen molar-refractivity contribution in [3.63, 3.8) is 0 Å². The highest BCUT2D eigenvalue weighted by Crippen LogP contribution is 2.24. The van der Waals surface area contributed by atoms with Gasteiger partial charge in [0.25, 0.3) is 5.91 Å². The fraction of sp³-hybridized carbons (Fsp3) is 0.545. The third kappa shape index (κ3) is 4.47. The fourth-order valence-corrected chi connectivity index (χ4v) is 4.10. The lowest BCUT2D eigenvalue weighted by molar-refractivity contribution is -0.126. The number of urea groups is 1. The molecule has 2 aliphatic rings. The molecule has 3 heterocycles. The van der Waals surface area contributed by atoms with Crippen molar-refractivity contribution in [3.05, 3.63) is 35.7 Å². The van der Waals surface area contributed by atoms with Crippen LogP contribution in [-0.4, -0.2) is 87.1 Å². The number of imide groups is 1. The second-order valence-electron chi connectivity index (χ2n) is 8.63. The van der Waals surface area contributed by atoms with Crippen LogP contribution in [0.25, 0.3) is 11.4 Å². The minimum Gasteiger partial charge on any atom is -0.337 e. The number of hydrogen-bond acceptors (Lipinski definition) is 7. The first kappa shape index (κ1) is 21.5. The maximum absolute atomic E-state index is 12.5. The maximum atomic E-state index is 12.5. The quantitative estimate of drug-likeness (QED) is 0.656. The molecule has 0 saturated carbocycles. The molecule has 0 aliphatic carbocycles. The Labute approximate surface area is 182 Å². The molecule has 2 saturated heterocycles. The Morgan fingerprint density at radius 3 is 2.32 bits per heavy atom. The summed E-state index contributed by atoms with van der Waals surface area (Å²) in [5.74, 6) is 1.09. The van der Waals surface area contributed by atoms with Crippen molar-refractivity contribution in [1.82, 2.24) is 29.7 Å². The number of aromatic nitrogens is 2. The lowest BCUT2D eigenvalue weighted by Crippen LogP contribution is -2.51. The van der Waals surface area contributed by atoms with E-state index in [0.29, 0.717) is 18.4 Å². The van der Waals surface area contributed by atoms with Gasteiger partial charge in [-0.15, -0.1) is 0 Å². The van der Waals surface area contributed by atoms with Crippen molar-refractivity contribution in [3.8, 4) is 11.4 Å². The molecular weight excluding hydrogens is 396 g/mol. The molecule has 1 aromatic carbocycles. The molecule has 2 fully saturated rings. The van der Waals surface area contributed by atoms with E-state index in [0.717, 1.165) is 31.7 Å². The van der Waals surface area contributed by atoms with E-state index in [1.54, 1.807) is 4.90 Å². The molecule has 1 aromatic heterocycles. The highest BCUT2D eigenvalue weighted by Gasteiger charge is 2.38. The summed E-state index contributed by atoms with van der Waals surface area (Å²) in [4.78, 5) is 36.7. The van der Waals surface area contributed by atoms with Crippen molar-refractivity contribution < 1.29 is 14.1 Å². The zero-order valence-corrected chi connectivity index (χ0v) is 18.6. The van der Waals surface area contributed by atoms with Crippen LogP contribution in [0.1, 0.15) is 38.3 Å². The normalized spacial score (nSPS) is 19.6. The van der Waals surface area contributed by atoms with Crippen LogP contribution in [0.4, 0.5) is 4.79 Å². The molecule has 0 bridgehead atoms. The third-order valence-corrected chi connectivity index (χ3v) is 6.02. The number of carbonyl (C=O) groups excluding carboxylic acids is 2. The van der Waals surface area contributed by atoms with Crippen LogP contribution in [0, 0.1) is 6.92 Å². The first-order valence-corrected chi connectivity index (χ1v) is 10.8. The van der Waals surface area contributed by atoms with E-state index in [1.165, 1.54) is 10.5 Å². The average Bonchev–Trinajstić information content (AvgIpc) is 3.33. The molecule has 1 atom stereocenters. The molecule has 166 valence electrons. The summed E-state index contributed by atoms with van der Waals surface area (Å²) < 4.78 is 5.55. The minimum atomic E-state index is -0.190. The standard InChI is InChI=1S/C22H30N6O3/c1-15(2)28-19(29)13-27(22(28)30)14-25-9-11-26(12-10-25)17(4)21-23-20(24-31-21)18-7-5-16(3)6-8-18/h5-8,15,17H,9-14H2,1-4H3. The van der Waals surface area contributed by atoms with E-state index in [2.05, 4.69) is 26.9 Å². The number of rotatable bonds is 6. The highest BCUT2D eigenvalue weighted by molar-refractivity contribution is 6.02. The van der Waals surface area contributed by atoms with Gasteiger partial charge < -0.3 is 9.42 Å². The minimum absolute atomic E-state index is 0.0141. The molecule has 2 aliphatic heterocycles. The van der Waals surface area contributed by atoms with Crippen molar-refractivity contribution in [2.45, 2.75) is 39.8 Å². The van der Waals surface area contributed by atoms with Gasteiger partial charge in [-0.3, -0.25) is 19.5 Å². The Hall–Kier alpha value is -2.78. The average molecular weight is 427 g/mol. The van der Waals surface area contributed by atoms with Gasteiger partial charge in [-0.25, -0.2) is 4.79 Å². The van der Waals surface area contributed by atoms with Crippen LogP contribution < -0.4 is 0 Å². The fourth-order valence-electron chi connectivity index (χ4n) is 4.10. The zero-order chi connectivity index (χ0) is 22.1. The Bertz CT molecular complexity index is 933. The number of nitrogens with zero attached hydrogens (tertiary/aromatic N) is 6. The third-order valence-electron chi connectivity index (χ3n) is 6.02. The second kappa shape index (κ2) is 8.76. The van der Waals surface area contributed by atoms with Crippen molar-refractivity contribution in [1.29, 1.82) is 0 Å². The summed E-state index contributed by atoms with van der Waals surface area (Å²) in [5.41, 5.74) is 2.13. The Morgan fingerprint density at radius 2 is 1.71 bits per heavy atom. The highest BCUT2D eigenvalue weighted by atomic mass is 16.5. The Kier molecular flexibility index (Phi) is 6.06. The van der Waals surface area contributed by atoms with Crippen molar-refractivity contribution in [2.75, 3.05) is 39.4 Å². The molecule has 31 heavy (non-hydrogen) atoms. The molecular formula is C22H30N6O3. The number of amides is 3. The Morgan fingerprint density at radius 1 is 1.03 bits per heavy atom. The summed E-state index contributed by atoms with van der Waals surface area (Å²) in [6.45, 7) is 11.8. The lowest BCUT2D eigenvalue weighted by atomic mass is 10.1. The number of benzene rings is 1. The first-order chi connectivity index (χ1) is 14.8. The molecule has 1 unspecified atom stereocenters. The van der Waals surface area contributed by atoms with Crippen LogP contribution >= 0.6 is 0 Å². The van der Waals surface area contributed by atoms with Crippen LogP contribution in [0.3, 0.4) is 0 Å². The second-order valence-corrected chi connectivity index (χ2v) is 8.63. The largest absolute Gasteiger partial charge is 0.337 e. The molecule has 4 rings (SSSR count). The van der Waals surface area contributed by atoms with Crippen LogP contribution in [0.2, 0.25) is 0 Å². The molecule has 0 radical (unpaired) electrons. The lowest BCUT2D eigenvalue weighted by Gasteiger charge is -2.38. The van der Waals surface area contributed by atoms with Gasteiger partial charge in [-0.1, -0.05) is 35.0 Å². The number of piperazine rings is 1. The summed E-state index contributed by atoms with van der Waals surface area (Å²) in [6, 6.07) is 7.78. The van der Waals surface area contributed by atoms with Gasteiger partial charge in [-0.05, 0) is 27.7 Å². The van der Waals surface area contributed by atoms with Gasteiger partial charge in [0.15, 0.2) is 0 Å². The van der Waals surface area contributed by atoms with Gasteiger partial charge >= 0.3 is 6.03 Å². The van der Waals surface area contributed by atoms with E-state index in [-0.39, 0.29) is 30.6 Å². The van der Waals surface area contributed by atoms with E-state index in [9.17, 15) is 9.59 Å². The van der Waals surface area contributed by atoms with Gasteiger partial charge in [0.2, 0.25) is 11.7 Å². The monoisotopic (exact) mass is 426 g/mol. The predicted molar refractivity (Wildman–Crippen MR) is 115 cm³/mol. The van der Waals surface area contributed by atoms with Crippen molar-refractivity contribution in [2.24, 2.45) is 0 Å². The van der Waals surface area contributed by atoms with E-state index >= 15 is 0 Å². The molecule has 3 amide bonds. The summed E-state index contributed by atoms with van der Waals surface area (Å²) >= 11 is 0. The SMILES string of the molecule is Cc1ccc(-c2noc(C(C)N3CCN(CN4CC(=O)N(C(C)C)C4=O)CC3)n2)cc1. The van der Waals surface area contributed by atoms with Gasteiger partial charge in [0, 0.05) is 37.8 Å². The van der Waals surface area contributed by atoms with Crippen LogP contribution in [0.15, 0.2) is 28.8 Å². The number of aryl methyl sites for hydroxylation is 1. The van der Waals surface area contributed by atoms with Crippen molar-refractivity contribution >= 4 is 11.9 Å². The van der Waals surface area contributed by atoms with Crippen LogP contribution in [-0.2, 0) is 4.79 Å². The summed E-state index contributed by atoms with van der Waals surface area (Å²) in [6.07, 6.45) is 0. The first-order valence-electron chi connectivity index (χ1n) is 10.8. The number of hydrogen-bond donors (Lipinski definition) is 0. The molecule has 0 spiro atoms. The Balaban J connectivity index is 1.31. The van der Waals surface area contributed by atoms with E-state index < -0.39 is 0 Å². The summed E-state index contributed by atoms with van der Waals surface area (Å²) in [5, 5.41) is 4.15. The zero-order valence-electron chi connectivity index (χ0n) is 18.6. The molecule has 2 aromatic rings. The molecule has 0 N–H and O–H groups in total. The van der Waals surface area contributed by atoms with E-state index in [4.69, 9.17) is 4.52 Å². The van der Waals surface area contributed by atoms with Gasteiger partial charge in [0.1, 0.15) is 6.54 Å². The topological polar surface area (TPSA) is 86.0 Å². The maximum Gasteiger partial charge on any atom is 0.328 e. The molecule has 9 heteroatoms. The predicted octanol–water partition coefficient (Wildman–Crippen LogP) is 2.35. The summed E-state index contributed by atoms with van der Waals surface area (Å²) in [7, 11) is 0.